The first-order valence-electron chi connectivity index (χ1n) is 11.0. The molecule has 3 aromatic heterocycles. The highest BCUT2D eigenvalue weighted by Gasteiger charge is 2.45. The van der Waals surface area contributed by atoms with E-state index >= 15 is 0 Å². The van der Waals surface area contributed by atoms with Crippen molar-refractivity contribution in [3.63, 3.8) is 0 Å². The van der Waals surface area contributed by atoms with E-state index in [1.165, 1.54) is 18.8 Å². The summed E-state index contributed by atoms with van der Waals surface area (Å²) >= 11 is 12.4. The molecule has 5 heterocycles. The molecule has 1 spiro atoms. The lowest BCUT2D eigenvalue weighted by Crippen LogP contribution is -2.58. The number of aromatic amines is 1. The smallest absolute Gasteiger partial charge is 0.225 e. The number of aromatic nitrogens is 5. The topological polar surface area (TPSA) is 118 Å². The van der Waals surface area contributed by atoms with Gasteiger partial charge in [-0.2, -0.15) is 5.10 Å². The maximum Gasteiger partial charge on any atom is 0.225 e. The minimum atomic E-state index is -0.853. The molecule has 0 unspecified atom stereocenters. The number of ether oxygens (including phenoxy) is 1. The van der Waals surface area contributed by atoms with Gasteiger partial charge in [-0.15, -0.1) is 0 Å². The summed E-state index contributed by atoms with van der Waals surface area (Å²) in [4.78, 5) is 15.4. The highest BCUT2D eigenvalue weighted by atomic mass is 35.5. The quantitative estimate of drug-likeness (QED) is 0.359. The highest BCUT2D eigenvalue weighted by molar-refractivity contribution is 6.35. The molecule has 0 amide bonds. The van der Waals surface area contributed by atoms with Gasteiger partial charge in [0.25, 0.3) is 0 Å². The zero-order valence-corrected chi connectivity index (χ0v) is 19.6. The van der Waals surface area contributed by atoms with Crippen LogP contribution in [0.3, 0.4) is 0 Å². The Bertz CT molecular complexity index is 1320. The standard InChI is InChI=1S/C23H22Cl2N8O/c24-16-8-28-9-17(25)19(16)21(26)34-14-1-2-18-15(5-14)20(32-31-18)13-6-29-22(30-7-13)33-11-23(12-33)3-4-27-10-23/h1-2,5-9,21,27H,3-4,10-12,26H2,(H,31,32)/t21-/m0/s1. The van der Waals surface area contributed by atoms with Crippen molar-refractivity contribution in [2.75, 3.05) is 31.1 Å². The van der Waals surface area contributed by atoms with Crippen LogP contribution < -0.4 is 20.7 Å². The molecule has 11 heteroatoms. The summed E-state index contributed by atoms with van der Waals surface area (Å²) in [5, 5.41) is 12.5. The van der Waals surface area contributed by atoms with E-state index in [4.69, 9.17) is 33.7 Å². The fourth-order valence-electron chi connectivity index (χ4n) is 4.76. The largest absolute Gasteiger partial charge is 0.471 e. The third-order valence-corrected chi connectivity index (χ3v) is 7.15. The van der Waals surface area contributed by atoms with Gasteiger partial charge in [-0.25, -0.2) is 9.97 Å². The molecule has 2 fully saturated rings. The molecule has 2 aliphatic heterocycles. The van der Waals surface area contributed by atoms with Crippen LogP contribution in [0, 0.1) is 5.41 Å². The lowest BCUT2D eigenvalue weighted by molar-refractivity contribution is 0.214. The number of pyridine rings is 1. The third kappa shape index (κ3) is 3.74. The molecule has 34 heavy (non-hydrogen) atoms. The Morgan fingerprint density at radius 3 is 2.56 bits per heavy atom. The van der Waals surface area contributed by atoms with E-state index in [1.54, 1.807) is 0 Å². The molecule has 2 aliphatic rings. The second kappa shape index (κ2) is 8.35. The highest BCUT2D eigenvalue weighted by Crippen LogP contribution is 2.38. The predicted molar refractivity (Wildman–Crippen MR) is 131 cm³/mol. The van der Waals surface area contributed by atoms with Crippen LogP contribution in [-0.4, -0.2) is 51.3 Å². The monoisotopic (exact) mass is 496 g/mol. The van der Waals surface area contributed by atoms with Gasteiger partial charge in [-0.1, -0.05) is 23.2 Å². The van der Waals surface area contributed by atoms with E-state index in [1.807, 2.05) is 30.6 Å². The zero-order valence-electron chi connectivity index (χ0n) is 18.1. The minimum absolute atomic E-state index is 0.347. The van der Waals surface area contributed by atoms with Gasteiger partial charge < -0.3 is 15.0 Å². The van der Waals surface area contributed by atoms with Crippen molar-refractivity contribution in [3.8, 4) is 17.0 Å². The Morgan fingerprint density at radius 1 is 1.09 bits per heavy atom. The molecule has 4 aromatic rings. The molecule has 1 atom stereocenters. The molecule has 174 valence electrons. The van der Waals surface area contributed by atoms with Crippen LogP contribution in [0.1, 0.15) is 18.2 Å². The summed E-state index contributed by atoms with van der Waals surface area (Å²) in [5.41, 5.74) is 9.52. The number of fused-ring (bicyclic) bond motifs is 1. The predicted octanol–water partition coefficient (Wildman–Crippen LogP) is 3.56. The van der Waals surface area contributed by atoms with Gasteiger partial charge in [0, 0.05) is 66.3 Å². The minimum Gasteiger partial charge on any atom is -0.471 e. The molecule has 1 aromatic carbocycles. The molecule has 0 saturated carbocycles. The lowest BCUT2D eigenvalue weighted by atomic mass is 9.79. The summed E-state index contributed by atoms with van der Waals surface area (Å²) in [6.07, 6.45) is 6.95. The van der Waals surface area contributed by atoms with Crippen LogP contribution in [0.25, 0.3) is 22.2 Å². The Hall–Kier alpha value is -2.98. The van der Waals surface area contributed by atoms with E-state index in [9.17, 15) is 0 Å². The SMILES string of the molecule is N[C@@H](Oc1ccc2[nH]nc(-c3cnc(N4CC5(CCNC5)C4)nc3)c2c1)c1c(Cl)cncc1Cl. The molecule has 9 nitrogen and oxygen atoms in total. The Morgan fingerprint density at radius 2 is 1.85 bits per heavy atom. The van der Waals surface area contributed by atoms with Crippen molar-refractivity contribution in [3.05, 3.63) is 58.6 Å². The Balaban J connectivity index is 1.23. The van der Waals surface area contributed by atoms with Crippen molar-refractivity contribution < 1.29 is 4.74 Å². The van der Waals surface area contributed by atoms with Crippen LogP contribution in [0.4, 0.5) is 5.95 Å². The number of hydrogen-bond acceptors (Lipinski definition) is 8. The first-order valence-corrected chi connectivity index (χ1v) is 11.7. The molecule has 4 N–H and O–H groups in total. The number of benzene rings is 1. The van der Waals surface area contributed by atoms with Gasteiger partial charge in [0.1, 0.15) is 11.4 Å². The van der Waals surface area contributed by atoms with E-state index in [-0.39, 0.29) is 0 Å². The number of nitrogens with two attached hydrogens (primary N) is 1. The van der Waals surface area contributed by atoms with Gasteiger partial charge >= 0.3 is 0 Å². The summed E-state index contributed by atoms with van der Waals surface area (Å²) in [6.45, 7) is 4.17. The van der Waals surface area contributed by atoms with Gasteiger partial charge in [-0.3, -0.25) is 15.8 Å². The van der Waals surface area contributed by atoms with Gasteiger partial charge in [0.05, 0.1) is 15.6 Å². The Kier molecular flexibility index (Phi) is 5.29. The van der Waals surface area contributed by atoms with Gasteiger partial charge in [0.15, 0.2) is 6.23 Å². The van der Waals surface area contributed by atoms with Crippen LogP contribution in [0.5, 0.6) is 5.75 Å². The first kappa shape index (κ1) is 21.5. The van der Waals surface area contributed by atoms with Crippen LogP contribution in [-0.2, 0) is 0 Å². The maximum atomic E-state index is 6.23. The summed E-state index contributed by atoms with van der Waals surface area (Å²) in [5.74, 6) is 1.31. The lowest BCUT2D eigenvalue weighted by Gasteiger charge is -2.47. The third-order valence-electron chi connectivity index (χ3n) is 6.55. The number of rotatable bonds is 5. The number of anilines is 1. The number of hydrogen-bond donors (Lipinski definition) is 3. The van der Waals surface area contributed by atoms with Gasteiger partial charge in [0.2, 0.25) is 5.95 Å². The van der Waals surface area contributed by atoms with Crippen molar-refractivity contribution in [2.45, 2.75) is 12.6 Å². The van der Waals surface area contributed by atoms with E-state index in [0.717, 1.165) is 54.3 Å². The molecule has 0 bridgehead atoms. The molecule has 0 radical (unpaired) electrons. The summed E-state index contributed by atoms with van der Waals surface area (Å²) in [6, 6.07) is 5.57. The average Bonchev–Trinajstić information content (AvgIpc) is 3.46. The molecule has 0 aliphatic carbocycles. The van der Waals surface area contributed by atoms with Gasteiger partial charge in [-0.05, 0) is 31.2 Å². The van der Waals surface area contributed by atoms with Crippen molar-refractivity contribution in [2.24, 2.45) is 11.1 Å². The van der Waals surface area contributed by atoms with Crippen LogP contribution >= 0.6 is 23.2 Å². The molecular formula is C23H22Cl2N8O. The molecule has 6 rings (SSSR count). The number of nitrogens with zero attached hydrogens (tertiary/aromatic N) is 5. The maximum absolute atomic E-state index is 6.23. The van der Waals surface area contributed by atoms with Crippen molar-refractivity contribution in [1.29, 1.82) is 0 Å². The normalized spacial score (nSPS) is 17.8. The van der Waals surface area contributed by atoms with Crippen molar-refractivity contribution >= 4 is 40.1 Å². The molecular weight excluding hydrogens is 475 g/mol. The number of halogens is 2. The second-order valence-electron chi connectivity index (χ2n) is 8.89. The zero-order chi connectivity index (χ0) is 23.3. The van der Waals surface area contributed by atoms with Crippen LogP contribution in [0.2, 0.25) is 10.0 Å². The Labute approximate surface area is 205 Å². The second-order valence-corrected chi connectivity index (χ2v) is 9.70. The fraction of sp³-hybridized carbons (Fsp3) is 0.304. The number of nitrogens with one attached hydrogen (secondary N) is 2. The summed E-state index contributed by atoms with van der Waals surface area (Å²) in [7, 11) is 0. The summed E-state index contributed by atoms with van der Waals surface area (Å²) < 4.78 is 5.95. The number of H-pyrrole nitrogens is 1. The van der Waals surface area contributed by atoms with Crippen molar-refractivity contribution in [1.82, 2.24) is 30.5 Å². The average molecular weight is 497 g/mol. The van der Waals surface area contributed by atoms with E-state index in [0.29, 0.717) is 26.8 Å². The first-order chi connectivity index (χ1) is 16.5. The van der Waals surface area contributed by atoms with E-state index < -0.39 is 6.23 Å². The fourth-order valence-corrected chi connectivity index (χ4v) is 5.34. The van der Waals surface area contributed by atoms with E-state index in [2.05, 4.69) is 35.4 Å². The van der Waals surface area contributed by atoms with Crippen LogP contribution in [0.15, 0.2) is 43.0 Å². The molecule has 2 saturated heterocycles.